The molecule has 3 nitrogen and oxygen atoms in total. The van der Waals surface area contributed by atoms with Crippen molar-refractivity contribution in [1.29, 1.82) is 0 Å². The molecule has 0 aromatic carbocycles. The van der Waals surface area contributed by atoms with Gasteiger partial charge < -0.3 is 10.8 Å². The van der Waals surface area contributed by atoms with E-state index in [2.05, 4.69) is 0 Å². The molecular weight excluding hydrogens is 146 g/mol. The molecule has 3 N–H and O–H groups in total. The van der Waals surface area contributed by atoms with Crippen LogP contribution in [0.3, 0.4) is 0 Å². The van der Waals surface area contributed by atoms with Crippen molar-refractivity contribution in [2.75, 3.05) is 0 Å². The van der Waals surface area contributed by atoms with Gasteiger partial charge in [0.05, 0.1) is 0 Å². The first-order valence-electron chi connectivity index (χ1n) is 2.54. The van der Waals surface area contributed by atoms with Gasteiger partial charge in [-0.3, -0.25) is 4.79 Å². The van der Waals surface area contributed by atoms with E-state index in [1.54, 1.807) is 13.8 Å². The van der Waals surface area contributed by atoms with Gasteiger partial charge in [-0.25, -0.2) is 0 Å². The molecule has 1 atom stereocenters. The maximum atomic E-state index is 10.0. The van der Waals surface area contributed by atoms with Crippen molar-refractivity contribution < 1.29 is 9.90 Å². The molecule has 9 heavy (non-hydrogen) atoms. The van der Waals surface area contributed by atoms with E-state index in [4.69, 9.17) is 10.8 Å². The third-order valence-corrected chi connectivity index (χ3v) is 1.00. The number of hydrogen-bond acceptors (Lipinski definition) is 2. The van der Waals surface area contributed by atoms with Gasteiger partial charge in [0.15, 0.2) is 0 Å². The molecule has 0 saturated carbocycles. The van der Waals surface area contributed by atoms with Crippen LogP contribution in [-0.4, -0.2) is 54.9 Å². The summed E-state index contributed by atoms with van der Waals surface area (Å²) in [6.45, 7) is 3.55. The van der Waals surface area contributed by atoms with Crippen LogP contribution in [0.2, 0.25) is 0 Å². The number of carbonyl (C=O) groups is 1. The van der Waals surface area contributed by atoms with Crippen LogP contribution in [-0.2, 0) is 4.79 Å². The predicted octanol–water partition coefficient (Wildman–Crippen LogP) is -0.862. The predicted molar refractivity (Wildman–Crippen MR) is 39.0 cm³/mol. The molecule has 1 unspecified atom stereocenters. The van der Waals surface area contributed by atoms with Gasteiger partial charge >= 0.3 is 43.7 Å². The van der Waals surface area contributed by atoms with Crippen LogP contribution in [0.15, 0.2) is 0 Å². The second-order valence-electron chi connectivity index (χ2n) is 2.11. The van der Waals surface area contributed by atoms with Crippen molar-refractivity contribution in [2.24, 2.45) is 11.7 Å². The normalized spacial score (nSPS) is 12.4. The third kappa shape index (κ3) is 5.15. The molecule has 0 rings (SSSR count). The summed E-state index contributed by atoms with van der Waals surface area (Å²) in [5.74, 6) is -0.910. The van der Waals surface area contributed by atoms with Gasteiger partial charge in [0.1, 0.15) is 6.04 Å². The van der Waals surface area contributed by atoms with Gasteiger partial charge in [-0.2, -0.15) is 0 Å². The average molecular weight is 159 g/mol. The first-order valence-corrected chi connectivity index (χ1v) is 2.54. The third-order valence-electron chi connectivity index (χ3n) is 1.00. The van der Waals surface area contributed by atoms with Crippen LogP contribution in [0.5, 0.6) is 0 Å². The van der Waals surface area contributed by atoms with Crippen LogP contribution in [0, 0.1) is 5.92 Å². The zero-order valence-corrected chi connectivity index (χ0v) is 5.09. The number of rotatable bonds is 2. The van der Waals surface area contributed by atoms with Crippen molar-refractivity contribution in [3.63, 3.8) is 0 Å². The number of aliphatic carboxylic acids is 1. The molecule has 0 radical (unpaired) electrons. The molecule has 0 aliphatic heterocycles. The zero-order valence-electron chi connectivity index (χ0n) is 5.09. The Labute approximate surface area is 84.6 Å². The van der Waals surface area contributed by atoms with Crippen LogP contribution in [0.1, 0.15) is 13.8 Å². The molecule has 0 aliphatic carbocycles. The Morgan fingerprint density at radius 2 is 1.89 bits per heavy atom. The molecular formula is C5H13CaNO2. The first kappa shape index (κ1) is 12.4. The van der Waals surface area contributed by atoms with Crippen LogP contribution in [0.4, 0.5) is 0 Å². The fourth-order valence-corrected chi connectivity index (χ4v) is 0.285. The summed E-state index contributed by atoms with van der Waals surface area (Å²) in [6.07, 6.45) is 0. The molecule has 0 bridgehead atoms. The molecule has 52 valence electrons. The van der Waals surface area contributed by atoms with Crippen molar-refractivity contribution in [2.45, 2.75) is 19.9 Å². The van der Waals surface area contributed by atoms with E-state index < -0.39 is 12.0 Å². The Hall–Kier alpha value is 0.690. The van der Waals surface area contributed by atoms with Crippen LogP contribution in [0.25, 0.3) is 0 Å². The Bertz CT molecular complexity index is 95.0. The van der Waals surface area contributed by atoms with E-state index in [0.29, 0.717) is 0 Å². The van der Waals surface area contributed by atoms with Crippen LogP contribution >= 0.6 is 0 Å². The van der Waals surface area contributed by atoms with Gasteiger partial charge in [-0.15, -0.1) is 0 Å². The second kappa shape index (κ2) is 5.47. The summed E-state index contributed by atoms with van der Waals surface area (Å²) in [6, 6.07) is -0.713. The summed E-state index contributed by atoms with van der Waals surface area (Å²) < 4.78 is 0. The standard InChI is InChI=1S/C5H11NO2.Ca.2H/c1-3(2)4(6)5(7)8;;;/h3-4H,6H2,1-2H3,(H,7,8);;;. The molecule has 0 amide bonds. The monoisotopic (exact) mass is 159 g/mol. The fourth-order valence-electron chi connectivity index (χ4n) is 0.285. The molecule has 0 spiro atoms. The number of carboxylic acid groups (broad SMARTS) is 1. The SMILES string of the molecule is CC(C)C(N)C(=O)O.[CaH2]. The summed E-state index contributed by atoms with van der Waals surface area (Å²) in [7, 11) is 0. The van der Waals surface area contributed by atoms with E-state index in [9.17, 15) is 4.79 Å². The van der Waals surface area contributed by atoms with Gasteiger partial charge in [0.25, 0.3) is 0 Å². The van der Waals surface area contributed by atoms with E-state index in [1.165, 1.54) is 0 Å². The minimum absolute atomic E-state index is 0. The van der Waals surface area contributed by atoms with Crippen molar-refractivity contribution in [3.8, 4) is 0 Å². The zero-order chi connectivity index (χ0) is 6.73. The summed E-state index contributed by atoms with van der Waals surface area (Å²) in [4.78, 5) is 10.0. The Morgan fingerprint density at radius 3 is 1.89 bits per heavy atom. The van der Waals surface area contributed by atoms with E-state index in [1.807, 2.05) is 0 Å². The molecule has 0 aromatic rings. The van der Waals surface area contributed by atoms with Crippen molar-refractivity contribution >= 4 is 43.7 Å². The minimum atomic E-state index is -0.931. The summed E-state index contributed by atoms with van der Waals surface area (Å²) in [5.41, 5.74) is 5.16. The van der Waals surface area contributed by atoms with Crippen LogP contribution < -0.4 is 5.73 Å². The van der Waals surface area contributed by atoms with Gasteiger partial charge in [-0.1, -0.05) is 13.8 Å². The topological polar surface area (TPSA) is 63.3 Å². The number of hydrogen-bond donors (Lipinski definition) is 2. The van der Waals surface area contributed by atoms with Gasteiger partial charge in [-0.05, 0) is 5.92 Å². The van der Waals surface area contributed by atoms with Crippen molar-refractivity contribution in [3.05, 3.63) is 0 Å². The fraction of sp³-hybridized carbons (Fsp3) is 0.800. The van der Waals surface area contributed by atoms with Gasteiger partial charge in [0, 0.05) is 0 Å². The molecule has 0 saturated heterocycles. The van der Waals surface area contributed by atoms with E-state index in [0.717, 1.165) is 0 Å². The Kier molecular flexibility index (Phi) is 7.52. The van der Waals surface area contributed by atoms with E-state index in [-0.39, 0.29) is 43.7 Å². The maximum absolute atomic E-state index is 10.0. The summed E-state index contributed by atoms with van der Waals surface area (Å²) >= 11 is 0. The molecule has 0 aliphatic rings. The molecule has 0 aromatic heterocycles. The summed E-state index contributed by atoms with van der Waals surface area (Å²) in [5, 5.41) is 8.23. The first-order chi connectivity index (χ1) is 3.55. The second-order valence-corrected chi connectivity index (χ2v) is 2.11. The molecule has 0 heterocycles. The number of nitrogens with two attached hydrogens (primary N) is 1. The molecule has 4 heteroatoms. The van der Waals surface area contributed by atoms with Gasteiger partial charge in [0.2, 0.25) is 0 Å². The number of carboxylic acids is 1. The molecule has 0 fully saturated rings. The van der Waals surface area contributed by atoms with Crippen molar-refractivity contribution in [1.82, 2.24) is 0 Å². The Balaban J connectivity index is 0. The van der Waals surface area contributed by atoms with E-state index >= 15 is 0 Å². The quantitative estimate of drug-likeness (QED) is 0.515. The Morgan fingerprint density at radius 1 is 1.56 bits per heavy atom. The average Bonchev–Trinajstić information content (AvgIpc) is 1.64.